The predicted molar refractivity (Wildman–Crippen MR) is 151 cm³/mol. The van der Waals surface area contributed by atoms with E-state index in [2.05, 4.69) is 15.6 Å². The number of methoxy groups -OCH3 is 2. The lowest BCUT2D eigenvalue weighted by atomic mass is 10.0. The van der Waals surface area contributed by atoms with Gasteiger partial charge in [-0.25, -0.2) is 0 Å². The second-order valence-corrected chi connectivity index (χ2v) is 9.66. The van der Waals surface area contributed by atoms with E-state index < -0.39 is 6.10 Å². The van der Waals surface area contributed by atoms with Crippen molar-refractivity contribution in [2.24, 2.45) is 0 Å². The van der Waals surface area contributed by atoms with Gasteiger partial charge in [-0.1, -0.05) is 12.1 Å². The number of rotatable bonds is 12. The monoisotopic (exact) mass is 549 g/mol. The van der Waals surface area contributed by atoms with Crippen LogP contribution in [-0.4, -0.2) is 58.1 Å². The zero-order valence-electron chi connectivity index (χ0n) is 22.7. The number of nitrogens with one attached hydrogen (secondary N) is 3. The highest BCUT2D eigenvalue weighted by molar-refractivity contribution is 5.98. The van der Waals surface area contributed by atoms with Gasteiger partial charge in [0, 0.05) is 29.1 Å². The molecular weight excluding hydrogens is 514 g/mol. The Morgan fingerprint density at radius 1 is 1.00 bits per heavy atom. The van der Waals surface area contributed by atoms with E-state index in [-0.39, 0.29) is 42.3 Å². The van der Waals surface area contributed by atoms with Crippen molar-refractivity contribution in [2.45, 2.75) is 38.6 Å². The number of carbonyl (C=O) groups is 1. The van der Waals surface area contributed by atoms with E-state index in [1.54, 1.807) is 24.3 Å². The molecule has 0 aliphatic rings. The summed E-state index contributed by atoms with van der Waals surface area (Å²) in [6, 6.07) is 15.6. The fourth-order valence-electron chi connectivity index (χ4n) is 4.67. The largest absolute Gasteiger partial charge is 0.508 e. The normalized spacial score (nSPS) is 12.7. The summed E-state index contributed by atoms with van der Waals surface area (Å²) in [4.78, 5) is 16.1. The summed E-state index contributed by atoms with van der Waals surface area (Å²) in [5.41, 5.74) is 3.80. The average molecular weight is 550 g/mol. The minimum absolute atomic E-state index is 0.00231. The van der Waals surface area contributed by atoms with Crippen LogP contribution in [0.3, 0.4) is 0 Å². The van der Waals surface area contributed by atoms with Crippen molar-refractivity contribution in [1.29, 1.82) is 0 Å². The third kappa shape index (κ3) is 6.48. The van der Waals surface area contributed by atoms with Gasteiger partial charge in [0.15, 0.2) is 11.5 Å². The molecule has 0 aliphatic heterocycles. The van der Waals surface area contributed by atoms with Gasteiger partial charge in [-0.3, -0.25) is 4.79 Å². The minimum Gasteiger partial charge on any atom is -0.508 e. The van der Waals surface area contributed by atoms with E-state index in [0.717, 1.165) is 16.5 Å². The smallest absolute Gasteiger partial charge is 0.268 e. The van der Waals surface area contributed by atoms with Crippen LogP contribution < -0.4 is 20.1 Å². The number of aromatic nitrogens is 1. The molecular formula is C30H35N3O7. The second-order valence-electron chi connectivity index (χ2n) is 9.66. The number of fused-ring (bicyclic) bond motifs is 1. The maximum absolute atomic E-state index is 12.9. The summed E-state index contributed by atoms with van der Waals surface area (Å²) in [7, 11) is 2.95. The van der Waals surface area contributed by atoms with E-state index in [9.17, 15) is 25.2 Å². The Morgan fingerprint density at radius 3 is 2.50 bits per heavy atom. The number of aromatic hydroxyl groups is 2. The van der Waals surface area contributed by atoms with Crippen LogP contribution in [0, 0.1) is 0 Å². The van der Waals surface area contributed by atoms with Crippen molar-refractivity contribution in [3.8, 4) is 23.0 Å². The zero-order valence-corrected chi connectivity index (χ0v) is 22.7. The fourth-order valence-corrected chi connectivity index (χ4v) is 4.67. The molecule has 212 valence electrons. The number of hydrogen-bond acceptors (Lipinski definition) is 8. The van der Waals surface area contributed by atoms with Crippen LogP contribution in [0.2, 0.25) is 0 Å². The molecule has 1 amide bonds. The lowest BCUT2D eigenvalue weighted by molar-refractivity contribution is 0.0946. The highest BCUT2D eigenvalue weighted by atomic mass is 16.5. The molecule has 10 heteroatoms. The lowest BCUT2D eigenvalue weighted by Gasteiger charge is -2.18. The summed E-state index contributed by atoms with van der Waals surface area (Å²) < 4.78 is 10.6. The number of aliphatic hydroxyl groups excluding tert-OH is 2. The summed E-state index contributed by atoms with van der Waals surface area (Å²) in [6.45, 7) is 2.12. The number of phenolic OH excluding ortho intramolecular Hbond substituents is 1. The summed E-state index contributed by atoms with van der Waals surface area (Å²) in [6.07, 6.45) is -0.0921. The molecule has 0 bridgehead atoms. The average Bonchev–Trinajstić information content (AvgIpc) is 3.38. The topological polar surface area (TPSA) is 156 Å². The highest BCUT2D eigenvalue weighted by Gasteiger charge is 2.17. The Kier molecular flexibility index (Phi) is 9.15. The van der Waals surface area contributed by atoms with Crippen LogP contribution in [0.15, 0.2) is 54.6 Å². The van der Waals surface area contributed by atoms with E-state index in [4.69, 9.17) is 9.47 Å². The fraction of sp³-hybridized carbons (Fsp3) is 0.300. The summed E-state index contributed by atoms with van der Waals surface area (Å²) in [5, 5.41) is 46.8. The second kappa shape index (κ2) is 12.7. The lowest BCUT2D eigenvalue weighted by Crippen LogP contribution is -2.32. The molecule has 0 saturated heterocycles. The molecule has 0 aliphatic carbocycles. The maximum atomic E-state index is 12.9. The highest BCUT2D eigenvalue weighted by Crippen LogP contribution is 2.36. The van der Waals surface area contributed by atoms with Crippen LogP contribution >= 0.6 is 0 Å². The summed E-state index contributed by atoms with van der Waals surface area (Å²) >= 11 is 0. The van der Waals surface area contributed by atoms with Crippen LogP contribution in [0.1, 0.15) is 45.8 Å². The van der Waals surface area contributed by atoms with E-state index in [1.807, 2.05) is 25.1 Å². The number of benzene rings is 3. The van der Waals surface area contributed by atoms with Crippen LogP contribution in [-0.2, 0) is 19.6 Å². The number of ether oxygens (including phenoxy) is 2. The minimum atomic E-state index is -0.790. The molecule has 40 heavy (non-hydrogen) atoms. The van der Waals surface area contributed by atoms with E-state index >= 15 is 0 Å². The van der Waals surface area contributed by atoms with Crippen LogP contribution in [0.4, 0.5) is 0 Å². The third-order valence-corrected chi connectivity index (χ3v) is 6.84. The number of H-pyrrole nitrogens is 1. The third-order valence-electron chi connectivity index (χ3n) is 6.84. The van der Waals surface area contributed by atoms with Gasteiger partial charge in [0.2, 0.25) is 0 Å². The first-order valence-electron chi connectivity index (χ1n) is 12.9. The zero-order chi connectivity index (χ0) is 28.8. The van der Waals surface area contributed by atoms with Gasteiger partial charge in [-0.05, 0) is 66.9 Å². The van der Waals surface area contributed by atoms with Gasteiger partial charge >= 0.3 is 0 Å². The molecule has 1 unspecified atom stereocenters. The predicted octanol–water partition coefficient (Wildman–Crippen LogP) is 3.27. The van der Waals surface area contributed by atoms with Crippen molar-refractivity contribution in [1.82, 2.24) is 15.6 Å². The van der Waals surface area contributed by atoms with Gasteiger partial charge in [-0.15, -0.1) is 0 Å². The molecule has 1 aromatic heterocycles. The molecule has 2 atom stereocenters. The van der Waals surface area contributed by atoms with Crippen LogP contribution in [0.25, 0.3) is 10.9 Å². The molecule has 10 nitrogen and oxygen atoms in total. The Balaban J connectivity index is 1.37. The first-order chi connectivity index (χ1) is 19.2. The number of hydrogen-bond donors (Lipinski definition) is 7. The van der Waals surface area contributed by atoms with Gasteiger partial charge in [0.25, 0.3) is 5.91 Å². The number of aromatic amines is 1. The maximum Gasteiger partial charge on any atom is 0.268 e. The van der Waals surface area contributed by atoms with Gasteiger partial charge in [0.1, 0.15) is 17.2 Å². The molecule has 0 spiro atoms. The number of aliphatic hydroxyl groups is 2. The molecule has 0 fully saturated rings. The molecule has 7 N–H and O–H groups in total. The van der Waals surface area contributed by atoms with Crippen molar-refractivity contribution in [3.63, 3.8) is 0 Å². The molecule has 1 heterocycles. The van der Waals surface area contributed by atoms with Crippen molar-refractivity contribution in [3.05, 3.63) is 82.5 Å². The van der Waals surface area contributed by atoms with Crippen molar-refractivity contribution >= 4 is 16.8 Å². The van der Waals surface area contributed by atoms with Crippen molar-refractivity contribution in [2.75, 3.05) is 20.8 Å². The van der Waals surface area contributed by atoms with E-state index in [0.29, 0.717) is 41.1 Å². The van der Waals surface area contributed by atoms with E-state index in [1.165, 1.54) is 26.4 Å². The molecule has 0 radical (unpaired) electrons. The van der Waals surface area contributed by atoms with Gasteiger partial charge in [0.05, 0.1) is 39.0 Å². The Hall–Kier alpha value is -4.25. The van der Waals surface area contributed by atoms with Gasteiger partial charge in [-0.2, -0.15) is 0 Å². The standard InChI is InChI=1S/C30H35N3O7/c1-17(31-15-27(37)19-5-7-25(35)21(12-19)16-34)10-18-4-6-23-20(11-18)13-24(33-23)30(38)32-14-22-28(39-2)9-8-26(36)29(22)40-3/h4-9,11-13,17,27,31,33-37H,10,14-16H2,1-3H3,(H,32,38)/t17?,27-/m0/s1. The summed E-state index contributed by atoms with van der Waals surface area (Å²) in [5.74, 6) is 0.379. The molecule has 0 saturated carbocycles. The molecule has 4 aromatic rings. The van der Waals surface area contributed by atoms with Crippen molar-refractivity contribution < 1.29 is 34.7 Å². The molecule has 3 aromatic carbocycles. The Bertz CT molecular complexity index is 1480. The number of carbonyl (C=O) groups excluding carboxylic acids is 1. The first-order valence-corrected chi connectivity index (χ1v) is 12.9. The Morgan fingerprint density at radius 2 is 1.77 bits per heavy atom. The SMILES string of the molecule is COc1ccc(O)c(OC)c1CNC(=O)c1cc2cc(CC(C)NC[C@H](O)c3ccc(O)c(CO)c3)ccc2[nH]1. The number of amides is 1. The number of phenols is 2. The quantitative estimate of drug-likeness (QED) is 0.142. The first kappa shape index (κ1) is 28.8. The van der Waals surface area contributed by atoms with Gasteiger partial charge < -0.3 is 45.5 Å². The Labute approximate surface area is 232 Å². The molecule has 4 rings (SSSR count). The van der Waals surface area contributed by atoms with Crippen LogP contribution in [0.5, 0.6) is 23.0 Å².